The molecule has 0 aromatic heterocycles. The summed E-state index contributed by atoms with van der Waals surface area (Å²) in [4.78, 5) is 0. The lowest BCUT2D eigenvalue weighted by molar-refractivity contribution is -0.228. The zero-order valence-corrected chi connectivity index (χ0v) is 19.0. The van der Waals surface area contributed by atoms with Crippen LogP contribution in [0.5, 0.6) is 0 Å². The first-order chi connectivity index (χ1) is 16.7. The minimum Gasteiger partial charge on any atom is -0.394 e. The van der Waals surface area contributed by atoms with Crippen molar-refractivity contribution in [2.75, 3.05) is 6.61 Å². The Morgan fingerprint density at radius 1 is 0.806 bits per heavy atom. The zero-order valence-electron chi connectivity index (χ0n) is 19.0. The van der Waals surface area contributed by atoms with Gasteiger partial charge in [-0.3, -0.25) is 0 Å². The topological polar surface area (TPSA) is 121 Å². The first-order valence-electron chi connectivity index (χ1n) is 10.7. The van der Waals surface area contributed by atoms with Crippen LogP contribution in [0, 0.1) is 34.9 Å². The minimum absolute atomic E-state index is 0.178. The molecule has 1 unspecified atom stereocenters. The van der Waals surface area contributed by atoms with Gasteiger partial charge in [0.1, 0.15) is 41.1 Å². The van der Waals surface area contributed by atoms with Gasteiger partial charge in [0.2, 0.25) is 0 Å². The Kier molecular flexibility index (Phi) is 9.68. The molecule has 6 nitrogen and oxygen atoms in total. The third-order valence-electron chi connectivity index (χ3n) is 5.86. The van der Waals surface area contributed by atoms with Crippen LogP contribution in [0.2, 0.25) is 0 Å². The lowest BCUT2D eigenvalue weighted by Gasteiger charge is -2.46. The van der Waals surface area contributed by atoms with Crippen molar-refractivity contribution in [1.29, 1.82) is 0 Å². The number of benzene rings is 2. The normalized spacial score (nSPS) is 18.0. The highest BCUT2D eigenvalue weighted by molar-refractivity contribution is 5.27. The van der Waals surface area contributed by atoms with E-state index in [0.717, 1.165) is 0 Å². The van der Waals surface area contributed by atoms with E-state index in [4.69, 9.17) is 0 Å². The van der Waals surface area contributed by atoms with E-state index in [0.29, 0.717) is 12.1 Å². The molecule has 2 aromatic rings. The van der Waals surface area contributed by atoms with Crippen molar-refractivity contribution in [3.05, 3.63) is 82.4 Å². The van der Waals surface area contributed by atoms with E-state index in [9.17, 15) is 57.0 Å². The number of hydrogen-bond acceptors (Lipinski definition) is 6. The molecule has 0 amide bonds. The smallest absolute Gasteiger partial charge is 0.162 e. The molecule has 0 bridgehead atoms. The van der Waals surface area contributed by atoms with E-state index in [1.807, 2.05) is 0 Å². The fourth-order valence-corrected chi connectivity index (χ4v) is 3.97. The van der Waals surface area contributed by atoms with E-state index >= 15 is 0 Å². The number of halogens is 6. The van der Waals surface area contributed by atoms with E-state index in [2.05, 4.69) is 0 Å². The number of hydrogen-bond donors (Lipinski definition) is 6. The average Bonchev–Trinajstić information content (AvgIpc) is 2.82. The van der Waals surface area contributed by atoms with Crippen LogP contribution < -0.4 is 0 Å². The summed E-state index contributed by atoms with van der Waals surface area (Å²) in [5.41, 5.74) is -7.74. The molecule has 12 heteroatoms. The van der Waals surface area contributed by atoms with Gasteiger partial charge in [-0.25, -0.2) is 26.3 Å². The Morgan fingerprint density at radius 3 is 1.72 bits per heavy atom. The first-order valence-corrected chi connectivity index (χ1v) is 10.7. The van der Waals surface area contributed by atoms with Crippen LogP contribution in [0.15, 0.2) is 36.4 Å². The number of rotatable bonds is 11. The van der Waals surface area contributed by atoms with Crippen LogP contribution in [0.4, 0.5) is 26.3 Å². The van der Waals surface area contributed by atoms with Crippen LogP contribution in [0.3, 0.4) is 0 Å². The SMILES string of the molecule is C/C=C/CC(O)(Cc1cc(F)cc(F)c1F)[C@@H](O)[C@@](O)(Cc1cc(F)cc(F)c1F)[C@H](O)[C@@H](O)CO. The second-order valence-corrected chi connectivity index (χ2v) is 8.54. The molecule has 0 aliphatic rings. The van der Waals surface area contributed by atoms with Gasteiger partial charge in [0.25, 0.3) is 0 Å². The summed E-state index contributed by atoms with van der Waals surface area (Å²) < 4.78 is 83.7. The van der Waals surface area contributed by atoms with Crippen molar-refractivity contribution < 1.29 is 57.0 Å². The minimum atomic E-state index is -3.25. The average molecular weight is 524 g/mol. The predicted molar refractivity (Wildman–Crippen MR) is 114 cm³/mol. The lowest BCUT2D eigenvalue weighted by Crippen LogP contribution is -2.66. The monoisotopic (exact) mass is 524 g/mol. The number of aliphatic hydroxyl groups excluding tert-OH is 4. The van der Waals surface area contributed by atoms with Crippen molar-refractivity contribution in [2.24, 2.45) is 0 Å². The second kappa shape index (κ2) is 11.7. The molecule has 200 valence electrons. The highest BCUT2D eigenvalue weighted by Gasteiger charge is 2.54. The van der Waals surface area contributed by atoms with E-state index < -0.39 is 101 Å². The van der Waals surface area contributed by atoms with Crippen molar-refractivity contribution in [3.8, 4) is 0 Å². The molecule has 0 aliphatic heterocycles. The van der Waals surface area contributed by atoms with Crippen molar-refractivity contribution in [2.45, 2.75) is 55.7 Å². The summed E-state index contributed by atoms with van der Waals surface area (Å²) in [6, 6.07) is 1.32. The summed E-state index contributed by atoms with van der Waals surface area (Å²) in [6.07, 6.45) is -7.99. The van der Waals surface area contributed by atoms with Gasteiger partial charge >= 0.3 is 0 Å². The van der Waals surface area contributed by atoms with Gasteiger partial charge in [0.05, 0.1) is 6.61 Å². The maximum Gasteiger partial charge on any atom is 0.162 e. The van der Waals surface area contributed by atoms with Gasteiger partial charge in [0, 0.05) is 25.0 Å². The number of aliphatic hydroxyl groups is 6. The van der Waals surface area contributed by atoms with E-state index in [-0.39, 0.29) is 12.1 Å². The summed E-state index contributed by atoms with van der Waals surface area (Å²) in [5.74, 6) is -9.16. The maximum atomic E-state index is 14.4. The third-order valence-corrected chi connectivity index (χ3v) is 5.86. The second-order valence-electron chi connectivity index (χ2n) is 8.54. The summed E-state index contributed by atoms with van der Waals surface area (Å²) in [5, 5.41) is 63.4. The van der Waals surface area contributed by atoms with E-state index in [1.165, 1.54) is 19.1 Å². The quantitative estimate of drug-likeness (QED) is 0.152. The number of allylic oxidation sites excluding steroid dienone is 1. The Labute approximate surface area is 202 Å². The van der Waals surface area contributed by atoms with Crippen LogP contribution >= 0.6 is 0 Å². The Hall–Kier alpha value is -2.48. The molecule has 0 aliphatic carbocycles. The van der Waals surface area contributed by atoms with Gasteiger partial charge in [0.15, 0.2) is 23.3 Å². The molecule has 0 saturated carbocycles. The highest BCUT2D eigenvalue weighted by atomic mass is 19.2. The van der Waals surface area contributed by atoms with Crippen molar-refractivity contribution >= 4 is 0 Å². The molecule has 0 spiro atoms. The fourth-order valence-electron chi connectivity index (χ4n) is 3.97. The highest BCUT2D eigenvalue weighted by Crippen LogP contribution is 2.36. The molecule has 0 fully saturated rings. The van der Waals surface area contributed by atoms with Crippen LogP contribution in [-0.4, -0.2) is 66.8 Å². The first kappa shape index (κ1) is 29.7. The standard InChI is InChI=1S/C24H26F6O6/c1-2-3-4-23(35,9-12-5-14(25)7-16(27)19(12)29)22(34)24(36,21(33)18(32)11-31)10-13-6-15(26)8-17(28)20(13)30/h2-3,5-8,18,21-22,31-36H,4,9-11H2,1H3/b3-2+/t18-,21+,22+,23?,24+/m0/s1. The van der Waals surface area contributed by atoms with Crippen molar-refractivity contribution in [3.63, 3.8) is 0 Å². The molecule has 36 heavy (non-hydrogen) atoms. The van der Waals surface area contributed by atoms with Crippen LogP contribution in [0.25, 0.3) is 0 Å². The molecule has 5 atom stereocenters. The Bertz CT molecular complexity index is 1100. The molecule has 6 N–H and O–H groups in total. The largest absolute Gasteiger partial charge is 0.394 e. The lowest BCUT2D eigenvalue weighted by atomic mass is 9.71. The molecule has 0 heterocycles. The molecule has 0 radical (unpaired) electrons. The Balaban J connectivity index is 2.68. The third kappa shape index (κ3) is 6.25. The maximum absolute atomic E-state index is 14.4. The fraction of sp³-hybridized carbons (Fsp3) is 0.417. The van der Waals surface area contributed by atoms with Gasteiger partial charge in [-0.1, -0.05) is 12.2 Å². The Morgan fingerprint density at radius 2 is 1.28 bits per heavy atom. The molecule has 2 aromatic carbocycles. The summed E-state index contributed by atoms with van der Waals surface area (Å²) >= 11 is 0. The van der Waals surface area contributed by atoms with Gasteiger partial charge in [-0.05, 0) is 36.6 Å². The summed E-state index contributed by atoms with van der Waals surface area (Å²) in [7, 11) is 0. The van der Waals surface area contributed by atoms with Crippen LogP contribution in [-0.2, 0) is 12.8 Å². The van der Waals surface area contributed by atoms with Gasteiger partial charge < -0.3 is 30.6 Å². The molecule has 0 saturated heterocycles. The van der Waals surface area contributed by atoms with Gasteiger partial charge in [-0.15, -0.1) is 0 Å². The zero-order chi connectivity index (χ0) is 27.4. The van der Waals surface area contributed by atoms with Crippen molar-refractivity contribution in [1.82, 2.24) is 0 Å². The van der Waals surface area contributed by atoms with Gasteiger partial charge in [-0.2, -0.15) is 0 Å². The molecule has 2 rings (SSSR count). The molecular formula is C24H26F6O6. The molecular weight excluding hydrogens is 498 g/mol. The summed E-state index contributed by atoms with van der Waals surface area (Å²) in [6.45, 7) is 0.254. The van der Waals surface area contributed by atoms with Crippen LogP contribution in [0.1, 0.15) is 24.5 Å². The van der Waals surface area contributed by atoms with E-state index in [1.54, 1.807) is 0 Å². The predicted octanol–water partition coefficient (Wildman–Crippen LogP) is 1.81.